The van der Waals surface area contributed by atoms with Crippen LogP contribution in [0.4, 0.5) is 13.2 Å². The Labute approximate surface area is 132 Å². The van der Waals surface area contributed by atoms with Gasteiger partial charge in [0.15, 0.2) is 5.69 Å². The van der Waals surface area contributed by atoms with Crippen LogP contribution in [0.25, 0.3) is 0 Å². The molecule has 1 aromatic heterocycles. The Hall–Kier alpha value is -2.31. The van der Waals surface area contributed by atoms with Crippen molar-refractivity contribution in [2.24, 2.45) is 7.05 Å². The first-order chi connectivity index (χ1) is 10.7. The fourth-order valence-electron chi connectivity index (χ4n) is 2.30. The molecule has 0 saturated heterocycles. The summed E-state index contributed by atoms with van der Waals surface area (Å²) in [5.41, 5.74) is 0.796. The van der Waals surface area contributed by atoms with Crippen LogP contribution < -0.4 is 5.32 Å². The van der Waals surface area contributed by atoms with Crippen LogP contribution in [-0.2, 0) is 13.2 Å². The highest BCUT2D eigenvalue weighted by atomic mass is 19.4. The summed E-state index contributed by atoms with van der Waals surface area (Å²) < 4.78 is 39.0. The molecule has 4 nitrogen and oxygen atoms in total. The topological polar surface area (TPSA) is 46.9 Å². The molecule has 0 radical (unpaired) electrons. The lowest BCUT2D eigenvalue weighted by Crippen LogP contribution is -2.28. The molecule has 1 amide bonds. The number of carbonyl (C=O) groups is 1. The minimum atomic E-state index is -4.54. The Morgan fingerprint density at radius 2 is 1.91 bits per heavy atom. The highest BCUT2D eigenvalue weighted by Gasteiger charge is 2.35. The van der Waals surface area contributed by atoms with E-state index in [-0.39, 0.29) is 11.7 Å². The number of hydrogen-bond acceptors (Lipinski definition) is 2. The number of carbonyl (C=O) groups excluding carboxylic acids is 1. The molecule has 1 aromatic carbocycles. The summed E-state index contributed by atoms with van der Waals surface area (Å²) in [6.07, 6.45) is -3.92. The molecule has 0 aliphatic rings. The summed E-state index contributed by atoms with van der Waals surface area (Å²) in [5.74, 6) is -0.622. The van der Waals surface area contributed by atoms with Crippen LogP contribution in [0.2, 0.25) is 0 Å². The minimum absolute atomic E-state index is 0.245. The van der Waals surface area contributed by atoms with Gasteiger partial charge in [0.1, 0.15) is 5.69 Å². The Bertz CT molecular complexity index is 690. The van der Waals surface area contributed by atoms with E-state index in [0.717, 1.165) is 24.2 Å². The number of rotatable bonds is 4. The summed E-state index contributed by atoms with van der Waals surface area (Å²) in [6, 6.07) is 8.11. The first-order valence-corrected chi connectivity index (χ1v) is 7.21. The summed E-state index contributed by atoms with van der Waals surface area (Å²) in [6.45, 7) is 3.85. The van der Waals surface area contributed by atoms with Gasteiger partial charge in [-0.25, -0.2) is 0 Å². The SMILES string of the molecule is CCC(NC(=O)c1cc(C(F)(F)F)n(C)n1)c1ccc(C)cc1. The summed E-state index contributed by atoms with van der Waals surface area (Å²) in [4.78, 5) is 12.2. The number of aromatic nitrogens is 2. The molecule has 0 saturated carbocycles. The number of nitrogens with zero attached hydrogens (tertiary/aromatic N) is 2. The molecule has 2 aromatic rings. The number of halogens is 3. The molecule has 1 unspecified atom stereocenters. The van der Waals surface area contributed by atoms with Gasteiger partial charge in [-0.1, -0.05) is 36.8 Å². The van der Waals surface area contributed by atoms with E-state index in [1.54, 1.807) is 0 Å². The second kappa shape index (κ2) is 6.44. The predicted molar refractivity (Wildman–Crippen MR) is 79.9 cm³/mol. The molecule has 23 heavy (non-hydrogen) atoms. The van der Waals surface area contributed by atoms with E-state index < -0.39 is 17.8 Å². The van der Waals surface area contributed by atoms with E-state index in [9.17, 15) is 18.0 Å². The lowest BCUT2D eigenvalue weighted by atomic mass is 10.0. The van der Waals surface area contributed by atoms with Crippen molar-refractivity contribution in [2.75, 3.05) is 0 Å². The van der Waals surface area contributed by atoms with Crippen LogP contribution in [0.15, 0.2) is 30.3 Å². The van der Waals surface area contributed by atoms with E-state index in [1.165, 1.54) is 0 Å². The molecule has 1 N–H and O–H groups in total. The molecule has 0 fully saturated rings. The van der Waals surface area contributed by atoms with E-state index in [1.807, 2.05) is 38.1 Å². The molecule has 0 bridgehead atoms. The van der Waals surface area contributed by atoms with E-state index in [4.69, 9.17) is 0 Å². The van der Waals surface area contributed by atoms with Gasteiger partial charge in [-0.2, -0.15) is 18.3 Å². The second-order valence-corrected chi connectivity index (χ2v) is 5.38. The molecular formula is C16H18F3N3O. The Morgan fingerprint density at radius 3 is 2.39 bits per heavy atom. The number of hydrogen-bond donors (Lipinski definition) is 1. The van der Waals surface area contributed by atoms with Gasteiger partial charge in [0.05, 0.1) is 6.04 Å². The monoisotopic (exact) mass is 325 g/mol. The average molecular weight is 325 g/mol. The first-order valence-electron chi connectivity index (χ1n) is 7.21. The van der Waals surface area contributed by atoms with Crippen molar-refractivity contribution in [2.45, 2.75) is 32.5 Å². The third-order valence-corrected chi connectivity index (χ3v) is 3.60. The maximum absolute atomic E-state index is 12.8. The molecule has 0 spiro atoms. The maximum Gasteiger partial charge on any atom is 0.433 e. The van der Waals surface area contributed by atoms with Gasteiger partial charge in [-0.05, 0) is 18.9 Å². The van der Waals surface area contributed by atoms with Crippen molar-refractivity contribution in [1.29, 1.82) is 0 Å². The zero-order chi connectivity index (χ0) is 17.2. The van der Waals surface area contributed by atoms with Gasteiger partial charge in [0, 0.05) is 13.1 Å². The summed E-state index contributed by atoms with van der Waals surface area (Å²) >= 11 is 0. The molecule has 0 aliphatic heterocycles. The lowest BCUT2D eigenvalue weighted by molar-refractivity contribution is -0.143. The van der Waals surface area contributed by atoms with Crippen molar-refractivity contribution >= 4 is 5.91 Å². The number of amides is 1. The Morgan fingerprint density at radius 1 is 1.30 bits per heavy atom. The third-order valence-electron chi connectivity index (χ3n) is 3.60. The van der Waals surface area contributed by atoms with E-state index >= 15 is 0 Å². The molecule has 7 heteroatoms. The average Bonchev–Trinajstić information content (AvgIpc) is 2.88. The van der Waals surface area contributed by atoms with Gasteiger partial charge in [-0.15, -0.1) is 0 Å². The van der Waals surface area contributed by atoms with Crippen LogP contribution >= 0.6 is 0 Å². The number of alkyl halides is 3. The summed E-state index contributed by atoms with van der Waals surface area (Å²) in [7, 11) is 1.16. The van der Waals surface area contributed by atoms with E-state index in [0.29, 0.717) is 11.1 Å². The van der Waals surface area contributed by atoms with Crippen molar-refractivity contribution in [3.8, 4) is 0 Å². The highest BCUT2D eigenvalue weighted by Crippen LogP contribution is 2.29. The van der Waals surface area contributed by atoms with E-state index in [2.05, 4.69) is 10.4 Å². The van der Waals surface area contributed by atoms with Crippen molar-refractivity contribution in [3.05, 3.63) is 52.8 Å². The van der Waals surface area contributed by atoms with Crippen LogP contribution in [0.1, 0.15) is 46.7 Å². The molecule has 0 aliphatic carbocycles. The molecule has 2 rings (SSSR count). The number of nitrogens with one attached hydrogen (secondary N) is 1. The quantitative estimate of drug-likeness (QED) is 0.933. The van der Waals surface area contributed by atoms with Crippen LogP contribution in [0, 0.1) is 6.92 Å². The standard InChI is InChI=1S/C16H18F3N3O/c1-4-12(11-7-5-10(2)6-8-11)20-15(23)13-9-14(16(17,18)19)22(3)21-13/h5-9,12H,4H2,1-3H3,(H,20,23). The highest BCUT2D eigenvalue weighted by molar-refractivity contribution is 5.92. The number of benzene rings is 1. The largest absolute Gasteiger partial charge is 0.433 e. The maximum atomic E-state index is 12.8. The second-order valence-electron chi connectivity index (χ2n) is 5.38. The fraction of sp³-hybridized carbons (Fsp3) is 0.375. The smallest absolute Gasteiger partial charge is 0.344 e. The first kappa shape index (κ1) is 17.1. The van der Waals surface area contributed by atoms with Crippen molar-refractivity contribution in [3.63, 3.8) is 0 Å². The summed E-state index contributed by atoms with van der Waals surface area (Å²) in [5, 5.41) is 6.39. The zero-order valence-electron chi connectivity index (χ0n) is 13.1. The molecular weight excluding hydrogens is 307 g/mol. The van der Waals surface area contributed by atoms with Gasteiger partial charge in [0.2, 0.25) is 0 Å². The van der Waals surface area contributed by atoms with Gasteiger partial charge in [-0.3, -0.25) is 9.48 Å². The van der Waals surface area contributed by atoms with Crippen LogP contribution in [-0.4, -0.2) is 15.7 Å². The molecule has 1 atom stereocenters. The van der Waals surface area contributed by atoms with Crippen molar-refractivity contribution in [1.82, 2.24) is 15.1 Å². The Kier molecular flexibility index (Phi) is 4.77. The van der Waals surface area contributed by atoms with Gasteiger partial charge >= 0.3 is 6.18 Å². The molecule has 1 heterocycles. The third kappa shape index (κ3) is 3.91. The van der Waals surface area contributed by atoms with Gasteiger partial charge < -0.3 is 5.32 Å². The minimum Gasteiger partial charge on any atom is -0.344 e. The predicted octanol–water partition coefficient (Wildman–Crippen LogP) is 3.63. The van der Waals surface area contributed by atoms with Crippen molar-refractivity contribution < 1.29 is 18.0 Å². The Balaban J connectivity index is 2.19. The van der Waals surface area contributed by atoms with Crippen LogP contribution in [0.3, 0.4) is 0 Å². The zero-order valence-corrected chi connectivity index (χ0v) is 13.1. The normalized spacial score (nSPS) is 13.0. The number of aryl methyl sites for hydroxylation is 2. The van der Waals surface area contributed by atoms with Crippen LogP contribution in [0.5, 0.6) is 0 Å². The van der Waals surface area contributed by atoms with Gasteiger partial charge in [0.25, 0.3) is 5.91 Å². The molecule has 124 valence electrons. The lowest BCUT2D eigenvalue weighted by Gasteiger charge is -2.17. The fourth-order valence-corrected chi connectivity index (χ4v) is 2.30.